The second kappa shape index (κ2) is 5.80. The van der Waals surface area contributed by atoms with Gasteiger partial charge in [-0.1, -0.05) is 28.1 Å². The molecule has 0 N–H and O–H groups in total. The van der Waals surface area contributed by atoms with Gasteiger partial charge >= 0.3 is 0 Å². The fourth-order valence-corrected chi connectivity index (χ4v) is 2.19. The van der Waals surface area contributed by atoms with Crippen LogP contribution in [0.3, 0.4) is 0 Å². The van der Waals surface area contributed by atoms with Gasteiger partial charge < -0.3 is 0 Å². The summed E-state index contributed by atoms with van der Waals surface area (Å²) in [5.74, 6) is 0. The van der Waals surface area contributed by atoms with Crippen LogP contribution in [-0.4, -0.2) is 4.98 Å². The second-order valence-corrected chi connectivity index (χ2v) is 4.75. The SMILES string of the molecule is Brc1cccc(CCCc2ccncc2)c1. The summed E-state index contributed by atoms with van der Waals surface area (Å²) in [6, 6.07) is 12.7. The van der Waals surface area contributed by atoms with Gasteiger partial charge in [-0.05, 0) is 54.7 Å². The first-order valence-electron chi connectivity index (χ1n) is 5.48. The predicted molar refractivity (Wildman–Crippen MR) is 70.4 cm³/mol. The molecule has 1 aromatic carbocycles. The molecule has 1 aromatic heterocycles. The van der Waals surface area contributed by atoms with Gasteiger partial charge in [0.15, 0.2) is 0 Å². The topological polar surface area (TPSA) is 12.9 Å². The van der Waals surface area contributed by atoms with E-state index < -0.39 is 0 Å². The first kappa shape index (κ1) is 11.3. The molecule has 0 bridgehead atoms. The Morgan fingerprint density at radius 2 is 1.69 bits per heavy atom. The van der Waals surface area contributed by atoms with Crippen LogP contribution >= 0.6 is 15.9 Å². The van der Waals surface area contributed by atoms with Crippen molar-refractivity contribution in [3.05, 3.63) is 64.4 Å². The molecule has 0 radical (unpaired) electrons. The lowest BCUT2D eigenvalue weighted by Gasteiger charge is -2.02. The molecule has 0 saturated carbocycles. The standard InChI is InChI=1S/C14H14BrN/c15-14-6-2-5-13(11-14)4-1-3-12-7-9-16-10-8-12/h2,5-11H,1,3-4H2. The molecule has 82 valence electrons. The molecule has 0 unspecified atom stereocenters. The van der Waals surface area contributed by atoms with Gasteiger partial charge in [-0.15, -0.1) is 0 Å². The van der Waals surface area contributed by atoms with Gasteiger partial charge in [-0.3, -0.25) is 4.98 Å². The Labute approximate surface area is 105 Å². The number of rotatable bonds is 4. The summed E-state index contributed by atoms with van der Waals surface area (Å²) in [4.78, 5) is 4.02. The Kier molecular flexibility index (Phi) is 4.11. The van der Waals surface area contributed by atoms with Crippen LogP contribution < -0.4 is 0 Å². The lowest BCUT2D eigenvalue weighted by molar-refractivity contribution is 0.819. The lowest BCUT2D eigenvalue weighted by Crippen LogP contribution is -1.90. The maximum atomic E-state index is 4.02. The summed E-state index contributed by atoms with van der Waals surface area (Å²) in [5.41, 5.74) is 2.76. The summed E-state index contributed by atoms with van der Waals surface area (Å²) in [6.07, 6.45) is 7.14. The quantitative estimate of drug-likeness (QED) is 0.822. The molecular weight excluding hydrogens is 262 g/mol. The van der Waals surface area contributed by atoms with Crippen LogP contribution in [0.1, 0.15) is 17.5 Å². The van der Waals surface area contributed by atoms with E-state index in [2.05, 4.69) is 57.3 Å². The number of hydrogen-bond acceptors (Lipinski definition) is 1. The normalized spacial score (nSPS) is 10.3. The van der Waals surface area contributed by atoms with Gasteiger partial charge in [0, 0.05) is 16.9 Å². The highest BCUT2D eigenvalue weighted by molar-refractivity contribution is 9.10. The van der Waals surface area contributed by atoms with E-state index in [4.69, 9.17) is 0 Å². The van der Waals surface area contributed by atoms with Crippen LogP contribution in [0.2, 0.25) is 0 Å². The predicted octanol–water partition coefficient (Wildman–Crippen LogP) is 4.02. The van der Waals surface area contributed by atoms with Crippen LogP contribution in [-0.2, 0) is 12.8 Å². The molecule has 0 spiro atoms. The van der Waals surface area contributed by atoms with Crippen LogP contribution in [0.5, 0.6) is 0 Å². The highest BCUT2D eigenvalue weighted by Crippen LogP contribution is 2.14. The number of pyridine rings is 1. The van der Waals surface area contributed by atoms with Crippen molar-refractivity contribution >= 4 is 15.9 Å². The van der Waals surface area contributed by atoms with E-state index in [-0.39, 0.29) is 0 Å². The van der Waals surface area contributed by atoms with Gasteiger partial charge in [0.2, 0.25) is 0 Å². The Balaban J connectivity index is 1.85. The molecule has 2 aromatic rings. The zero-order chi connectivity index (χ0) is 11.2. The maximum Gasteiger partial charge on any atom is 0.0270 e. The fourth-order valence-electron chi connectivity index (χ4n) is 1.74. The number of hydrogen-bond donors (Lipinski definition) is 0. The second-order valence-electron chi connectivity index (χ2n) is 3.84. The average Bonchev–Trinajstić information content (AvgIpc) is 2.30. The summed E-state index contributed by atoms with van der Waals surface area (Å²) in [6.45, 7) is 0. The summed E-state index contributed by atoms with van der Waals surface area (Å²) in [7, 11) is 0. The van der Waals surface area contributed by atoms with Crippen molar-refractivity contribution in [2.24, 2.45) is 0 Å². The Hall–Kier alpha value is -1.15. The molecule has 0 aliphatic carbocycles. The maximum absolute atomic E-state index is 4.02. The first-order valence-corrected chi connectivity index (χ1v) is 6.27. The molecule has 1 heterocycles. The molecule has 0 aliphatic rings. The number of benzene rings is 1. The molecular formula is C14H14BrN. The molecule has 2 heteroatoms. The zero-order valence-corrected chi connectivity index (χ0v) is 10.7. The summed E-state index contributed by atoms with van der Waals surface area (Å²) < 4.78 is 1.16. The first-order chi connectivity index (χ1) is 7.84. The third-order valence-electron chi connectivity index (χ3n) is 2.57. The van der Waals surface area contributed by atoms with Crippen LogP contribution in [0.4, 0.5) is 0 Å². The van der Waals surface area contributed by atoms with Crippen molar-refractivity contribution in [3.63, 3.8) is 0 Å². The van der Waals surface area contributed by atoms with E-state index in [1.807, 2.05) is 12.4 Å². The number of aromatic nitrogens is 1. The van der Waals surface area contributed by atoms with E-state index in [1.54, 1.807) is 0 Å². The lowest BCUT2D eigenvalue weighted by atomic mass is 10.1. The van der Waals surface area contributed by atoms with Crippen LogP contribution in [0, 0.1) is 0 Å². The summed E-state index contributed by atoms with van der Waals surface area (Å²) >= 11 is 3.49. The largest absolute Gasteiger partial charge is 0.265 e. The molecule has 0 saturated heterocycles. The monoisotopic (exact) mass is 275 g/mol. The highest BCUT2D eigenvalue weighted by Gasteiger charge is 1.96. The van der Waals surface area contributed by atoms with E-state index in [9.17, 15) is 0 Å². The van der Waals surface area contributed by atoms with Crippen molar-refractivity contribution in [3.8, 4) is 0 Å². The van der Waals surface area contributed by atoms with Crippen molar-refractivity contribution in [2.75, 3.05) is 0 Å². The number of nitrogens with zero attached hydrogens (tertiary/aromatic N) is 1. The van der Waals surface area contributed by atoms with Crippen molar-refractivity contribution in [2.45, 2.75) is 19.3 Å². The van der Waals surface area contributed by atoms with Crippen LogP contribution in [0.15, 0.2) is 53.3 Å². The fraction of sp³-hybridized carbons (Fsp3) is 0.214. The molecule has 0 amide bonds. The molecule has 0 atom stereocenters. The van der Waals surface area contributed by atoms with Gasteiger partial charge in [0.25, 0.3) is 0 Å². The highest BCUT2D eigenvalue weighted by atomic mass is 79.9. The Bertz CT molecular complexity index is 439. The molecule has 0 aliphatic heterocycles. The third kappa shape index (κ3) is 3.46. The van der Waals surface area contributed by atoms with Crippen molar-refractivity contribution in [1.29, 1.82) is 0 Å². The van der Waals surface area contributed by atoms with Crippen molar-refractivity contribution < 1.29 is 0 Å². The minimum atomic E-state index is 1.12. The minimum Gasteiger partial charge on any atom is -0.265 e. The zero-order valence-electron chi connectivity index (χ0n) is 9.07. The van der Waals surface area contributed by atoms with E-state index in [0.717, 1.165) is 17.3 Å². The molecule has 2 rings (SSSR count). The van der Waals surface area contributed by atoms with Gasteiger partial charge in [0.05, 0.1) is 0 Å². The van der Waals surface area contributed by atoms with Gasteiger partial charge in [0.1, 0.15) is 0 Å². The Morgan fingerprint density at radius 3 is 2.44 bits per heavy atom. The molecule has 16 heavy (non-hydrogen) atoms. The van der Waals surface area contributed by atoms with E-state index in [0.29, 0.717) is 0 Å². The molecule has 1 nitrogen and oxygen atoms in total. The minimum absolute atomic E-state index is 1.12. The van der Waals surface area contributed by atoms with Gasteiger partial charge in [-0.25, -0.2) is 0 Å². The average molecular weight is 276 g/mol. The third-order valence-corrected chi connectivity index (χ3v) is 3.06. The number of aryl methyl sites for hydroxylation is 2. The van der Waals surface area contributed by atoms with Gasteiger partial charge in [-0.2, -0.15) is 0 Å². The molecule has 0 fully saturated rings. The smallest absolute Gasteiger partial charge is 0.0270 e. The van der Waals surface area contributed by atoms with E-state index >= 15 is 0 Å². The van der Waals surface area contributed by atoms with E-state index in [1.165, 1.54) is 17.5 Å². The summed E-state index contributed by atoms with van der Waals surface area (Å²) in [5, 5.41) is 0. The Morgan fingerprint density at radius 1 is 0.938 bits per heavy atom. The van der Waals surface area contributed by atoms with Crippen LogP contribution in [0.25, 0.3) is 0 Å². The number of halogens is 1. The van der Waals surface area contributed by atoms with Crippen molar-refractivity contribution in [1.82, 2.24) is 4.98 Å².